The molecule has 142 valence electrons. The molecule has 7 heteroatoms. The van der Waals surface area contributed by atoms with Gasteiger partial charge >= 0.3 is 0 Å². The molecule has 1 N–H and O–H groups in total. The van der Waals surface area contributed by atoms with Crippen LogP contribution in [-0.4, -0.2) is 16.0 Å². The number of nitrogens with one attached hydrogen (secondary N) is 1. The predicted octanol–water partition coefficient (Wildman–Crippen LogP) is 7.29. The Hall–Kier alpha value is -2.21. The zero-order valence-corrected chi connectivity index (χ0v) is 17.5. The fraction of sp³-hybridized carbons (Fsp3) is 0.143. The van der Waals surface area contributed by atoms with Crippen LogP contribution in [0.2, 0.25) is 10.0 Å². The highest BCUT2D eigenvalue weighted by atomic mass is 35.5. The van der Waals surface area contributed by atoms with Crippen LogP contribution in [0.25, 0.3) is 32.0 Å². The van der Waals surface area contributed by atoms with Gasteiger partial charge in [0.1, 0.15) is 22.3 Å². The van der Waals surface area contributed by atoms with Gasteiger partial charge in [0.25, 0.3) is 0 Å². The van der Waals surface area contributed by atoms with Gasteiger partial charge < -0.3 is 5.32 Å². The fourth-order valence-corrected chi connectivity index (χ4v) is 4.43. The first-order valence-corrected chi connectivity index (χ1v) is 10.3. The van der Waals surface area contributed by atoms with E-state index >= 15 is 0 Å². The van der Waals surface area contributed by atoms with Crippen LogP contribution in [0.3, 0.4) is 0 Å². The standard InChI is InChI=1S/C21H16Cl2FN3S/c1-11(2)25-20-19(18-12(22)6-5-7-14(18)24)13(23)10-16(26-20)21-27-15-8-3-4-9-17(15)28-21/h3-11H,1-2H3,(H,25,26). The van der Waals surface area contributed by atoms with Crippen LogP contribution in [0.1, 0.15) is 13.8 Å². The van der Waals surface area contributed by atoms with Crippen molar-refractivity contribution in [2.75, 3.05) is 5.32 Å². The maximum absolute atomic E-state index is 14.6. The summed E-state index contributed by atoms with van der Waals surface area (Å²) in [7, 11) is 0. The molecule has 28 heavy (non-hydrogen) atoms. The number of pyridine rings is 1. The third-order valence-corrected chi connectivity index (χ3v) is 5.79. The summed E-state index contributed by atoms with van der Waals surface area (Å²) in [6.07, 6.45) is 0. The highest BCUT2D eigenvalue weighted by Gasteiger charge is 2.21. The monoisotopic (exact) mass is 431 g/mol. The largest absolute Gasteiger partial charge is 0.367 e. The number of para-hydroxylation sites is 1. The molecule has 0 saturated carbocycles. The van der Waals surface area contributed by atoms with E-state index in [1.807, 2.05) is 38.1 Å². The number of rotatable bonds is 4. The fourth-order valence-electron chi connectivity index (χ4n) is 2.96. The number of halogens is 3. The Morgan fingerprint density at radius 3 is 2.46 bits per heavy atom. The smallest absolute Gasteiger partial charge is 0.143 e. The molecule has 0 amide bonds. The van der Waals surface area contributed by atoms with Crippen LogP contribution >= 0.6 is 34.5 Å². The summed E-state index contributed by atoms with van der Waals surface area (Å²) in [6.45, 7) is 3.96. The molecular formula is C21H16Cl2FN3S. The molecule has 0 bridgehead atoms. The lowest BCUT2D eigenvalue weighted by atomic mass is 10.0. The van der Waals surface area contributed by atoms with Crippen molar-refractivity contribution in [3.8, 4) is 21.8 Å². The molecule has 0 aliphatic rings. The molecule has 0 unspecified atom stereocenters. The van der Waals surface area contributed by atoms with Gasteiger partial charge in [-0.3, -0.25) is 0 Å². The van der Waals surface area contributed by atoms with Crippen molar-refractivity contribution in [3.63, 3.8) is 0 Å². The lowest BCUT2D eigenvalue weighted by Gasteiger charge is -2.17. The molecule has 2 aromatic heterocycles. The lowest BCUT2D eigenvalue weighted by molar-refractivity contribution is 0.631. The van der Waals surface area contributed by atoms with Gasteiger partial charge in [0.05, 0.1) is 20.3 Å². The van der Waals surface area contributed by atoms with Crippen LogP contribution < -0.4 is 5.32 Å². The highest BCUT2D eigenvalue weighted by Crippen LogP contribution is 2.42. The van der Waals surface area contributed by atoms with Gasteiger partial charge in [-0.05, 0) is 44.2 Å². The summed E-state index contributed by atoms with van der Waals surface area (Å²) in [6, 6.07) is 14.2. The first-order chi connectivity index (χ1) is 13.4. The lowest BCUT2D eigenvalue weighted by Crippen LogP contribution is -2.13. The number of fused-ring (bicyclic) bond motifs is 1. The molecule has 0 saturated heterocycles. The Bertz CT molecular complexity index is 1120. The molecule has 0 radical (unpaired) electrons. The molecular weight excluding hydrogens is 416 g/mol. The first kappa shape index (κ1) is 19.1. The normalized spacial score (nSPS) is 11.4. The van der Waals surface area contributed by atoms with E-state index < -0.39 is 5.82 Å². The quantitative estimate of drug-likeness (QED) is 0.368. The first-order valence-electron chi connectivity index (χ1n) is 8.71. The van der Waals surface area contributed by atoms with Crippen LogP contribution in [0.5, 0.6) is 0 Å². The van der Waals surface area contributed by atoms with Crippen molar-refractivity contribution in [1.29, 1.82) is 0 Å². The molecule has 0 atom stereocenters. The molecule has 0 aliphatic carbocycles. The minimum absolute atomic E-state index is 0.0680. The molecule has 2 heterocycles. The molecule has 0 aliphatic heterocycles. The maximum Gasteiger partial charge on any atom is 0.143 e. The van der Waals surface area contributed by atoms with Crippen LogP contribution in [0.4, 0.5) is 10.2 Å². The zero-order valence-electron chi connectivity index (χ0n) is 15.1. The minimum Gasteiger partial charge on any atom is -0.367 e. The Kier molecular flexibility index (Phi) is 5.23. The van der Waals surface area contributed by atoms with Crippen LogP contribution in [0, 0.1) is 5.82 Å². The van der Waals surface area contributed by atoms with E-state index in [1.54, 1.807) is 18.2 Å². The van der Waals surface area contributed by atoms with Gasteiger partial charge in [0, 0.05) is 17.2 Å². The van der Waals surface area contributed by atoms with Crippen molar-refractivity contribution >= 4 is 50.6 Å². The Morgan fingerprint density at radius 1 is 0.964 bits per heavy atom. The van der Waals surface area contributed by atoms with E-state index in [-0.39, 0.29) is 16.6 Å². The van der Waals surface area contributed by atoms with Gasteiger partial charge in [0.15, 0.2) is 0 Å². The Labute approximate surface area is 176 Å². The van der Waals surface area contributed by atoms with Gasteiger partial charge in [-0.15, -0.1) is 11.3 Å². The molecule has 4 rings (SSSR count). The average Bonchev–Trinajstić information content (AvgIpc) is 3.07. The number of hydrogen-bond acceptors (Lipinski definition) is 4. The van der Waals surface area contributed by atoms with Gasteiger partial charge in [0.2, 0.25) is 0 Å². The molecule has 0 fully saturated rings. The van der Waals surface area contributed by atoms with Crippen LogP contribution in [0.15, 0.2) is 48.5 Å². The van der Waals surface area contributed by atoms with Crippen molar-refractivity contribution in [2.24, 2.45) is 0 Å². The number of nitrogens with zero attached hydrogens (tertiary/aromatic N) is 2. The van der Waals surface area contributed by atoms with Gasteiger partial charge in [-0.1, -0.05) is 41.4 Å². The minimum atomic E-state index is -0.448. The summed E-state index contributed by atoms with van der Waals surface area (Å²) >= 11 is 14.4. The van der Waals surface area contributed by atoms with E-state index in [9.17, 15) is 4.39 Å². The van der Waals surface area contributed by atoms with Crippen LogP contribution in [-0.2, 0) is 0 Å². The molecule has 2 aromatic carbocycles. The zero-order chi connectivity index (χ0) is 19.8. The second kappa shape index (κ2) is 7.66. The van der Waals surface area contributed by atoms with Crippen molar-refractivity contribution < 1.29 is 4.39 Å². The van der Waals surface area contributed by atoms with Gasteiger partial charge in [-0.25, -0.2) is 14.4 Å². The van der Waals surface area contributed by atoms with Crippen molar-refractivity contribution in [2.45, 2.75) is 19.9 Å². The second-order valence-corrected chi connectivity index (χ2v) is 8.44. The maximum atomic E-state index is 14.6. The summed E-state index contributed by atoms with van der Waals surface area (Å²) in [4.78, 5) is 9.38. The highest BCUT2D eigenvalue weighted by molar-refractivity contribution is 7.21. The summed E-state index contributed by atoms with van der Waals surface area (Å²) in [5, 5.41) is 4.66. The van der Waals surface area contributed by atoms with E-state index in [4.69, 9.17) is 28.2 Å². The van der Waals surface area contributed by atoms with E-state index in [2.05, 4.69) is 10.3 Å². The SMILES string of the molecule is CC(C)Nc1nc(-c2nc3ccccc3s2)cc(Cl)c1-c1c(F)cccc1Cl. The van der Waals surface area contributed by atoms with E-state index in [0.717, 1.165) is 15.2 Å². The Balaban J connectivity index is 1.93. The number of thiazole rings is 1. The molecule has 3 nitrogen and oxygen atoms in total. The predicted molar refractivity (Wildman–Crippen MR) is 117 cm³/mol. The number of aromatic nitrogens is 2. The number of hydrogen-bond donors (Lipinski definition) is 1. The second-order valence-electron chi connectivity index (χ2n) is 6.60. The molecule has 0 spiro atoms. The van der Waals surface area contributed by atoms with E-state index in [0.29, 0.717) is 22.1 Å². The molecule has 4 aromatic rings. The topological polar surface area (TPSA) is 37.8 Å². The van der Waals surface area contributed by atoms with Gasteiger partial charge in [-0.2, -0.15) is 0 Å². The number of benzene rings is 2. The van der Waals surface area contributed by atoms with E-state index in [1.165, 1.54) is 17.4 Å². The number of anilines is 1. The summed E-state index contributed by atoms with van der Waals surface area (Å²) in [5.74, 6) is 0.0273. The Morgan fingerprint density at radius 2 is 1.75 bits per heavy atom. The third kappa shape index (κ3) is 3.58. The third-order valence-electron chi connectivity index (χ3n) is 4.12. The van der Waals surface area contributed by atoms with Crippen molar-refractivity contribution in [3.05, 3.63) is 64.4 Å². The summed E-state index contributed by atoms with van der Waals surface area (Å²) < 4.78 is 15.7. The van der Waals surface area contributed by atoms with Crippen molar-refractivity contribution in [1.82, 2.24) is 9.97 Å². The summed E-state index contributed by atoms with van der Waals surface area (Å²) in [5.41, 5.74) is 2.22. The average molecular weight is 432 g/mol.